The second-order valence-corrected chi connectivity index (χ2v) is 6.34. The Morgan fingerprint density at radius 2 is 1.68 bits per heavy atom. The van der Waals surface area contributed by atoms with Crippen molar-refractivity contribution in [3.05, 3.63) is 36.0 Å². The average molecular weight is 397 g/mol. The summed E-state index contributed by atoms with van der Waals surface area (Å²) < 4.78 is 51.2. The molecule has 0 N–H and O–H groups in total. The molecular formula is C20H26F3N3O2. The molecule has 0 bridgehead atoms. The lowest BCUT2D eigenvalue weighted by atomic mass is 10.2. The van der Waals surface area contributed by atoms with Crippen LogP contribution in [0.5, 0.6) is 11.8 Å². The Kier molecular flexibility index (Phi) is 7.90. The minimum absolute atomic E-state index is 0.0763. The molecule has 2 aromatic rings. The van der Waals surface area contributed by atoms with Crippen LogP contribution in [0.3, 0.4) is 0 Å². The van der Waals surface area contributed by atoms with Crippen LogP contribution in [0.4, 0.5) is 24.7 Å². The van der Waals surface area contributed by atoms with Gasteiger partial charge in [0.2, 0.25) is 0 Å². The molecule has 1 aromatic carbocycles. The number of nitrogens with zero attached hydrogens (tertiary/aromatic N) is 3. The maximum Gasteiger partial charge on any atom is 0.421 e. The van der Waals surface area contributed by atoms with Crippen molar-refractivity contribution in [2.75, 3.05) is 25.2 Å². The summed E-state index contributed by atoms with van der Waals surface area (Å²) in [4.78, 5) is 9.03. The van der Waals surface area contributed by atoms with E-state index in [9.17, 15) is 13.2 Å². The topological polar surface area (TPSA) is 47.5 Å². The van der Waals surface area contributed by atoms with E-state index in [4.69, 9.17) is 9.47 Å². The molecule has 0 atom stereocenters. The van der Waals surface area contributed by atoms with Gasteiger partial charge in [-0.1, -0.05) is 26.7 Å². The van der Waals surface area contributed by atoms with Crippen molar-refractivity contribution in [3.63, 3.8) is 0 Å². The van der Waals surface area contributed by atoms with Gasteiger partial charge in [0.05, 0.1) is 13.2 Å². The molecule has 0 unspecified atom stereocenters. The number of alkyl halides is 3. The van der Waals surface area contributed by atoms with Gasteiger partial charge in [-0.25, -0.2) is 4.98 Å². The Morgan fingerprint density at radius 3 is 2.29 bits per heavy atom. The smallest absolute Gasteiger partial charge is 0.421 e. The molecule has 2 rings (SSSR count). The second-order valence-electron chi connectivity index (χ2n) is 6.34. The van der Waals surface area contributed by atoms with Crippen molar-refractivity contribution in [2.45, 2.75) is 45.7 Å². The molecule has 0 amide bonds. The molecule has 5 nitrogen and oxygen atoms in total. The summed E-state index contributed by atoms with van der Waals surface area (Å²) in [5.74, 6) is 0.421. The van der Waals surface area contributed by atoms with E-state index in [1.165, 1.54) is 11.9 Å². The van der Waals surface area contributed by atoms with Gasteiger partial charge in [-0.2, -0.15) is 18.2 Å². The van der Waals surface area contributed by atoms with Crippen molar-refractivity contribution in [1.29, 1.82) is 0 Å². The molecule has 28 heavy (non-hydrogen) atoms. The van der Waals surface area contributed by atoms with Gasteiger partial charge < -0.3 is 14.4 Å². The first-order valence-electron chi connectivity index (χ1n) is 9.40. The lowest BCUT2D eigenvalue weighted by molar-refractivity contribution is -0.137. The van der Waals surface area contributed by atoms with Crippen LogP contribution in [0.1, 0.15) is 45.1 Å². The Hall–Kier alpha value is -2.51. The number of unbranched alkanes of at least 4 members (excludes halogenated alkanes) is 2. The first kappa shape index (κ1) is 21.8. The van der Waals surface area contributed by atoms with E-state index in [1.807, 2.05) is 6.92 Å². The monoisotopic (exact) mass is 397 g/mol. The predicted molar refractivity (Wildman–Crippen MR) is 102 cm³/mol. The van der Waals surface area contributed by atoms with Gasteiger partial charge in [-0.15, -0.1) is 0 Å². The summed E-state index contributed by atoms with van der Waals surface area (Å²) in [7, 11) is 1.53. The Balaban J connectivity index is 2.22. The van der Waals surface area contributed by atoms with Crippen molar-refractivity contribution in [1.82, 2.24) is 9.97 Å². The van der Waals surface area contributed by atoms with Crippen molar-refractivity contribution in [3.8, 4) is 11.8 Å². The average Bonchev–Trinajstić information content (AvgIpc) is 2.68. The molecule has 0 saturated heterocycles. The number of halogens is 3. The molecular weight excluding hydrogens is 371 g/mol. The zero-order chi connectivity index (χ0) is 20.6. The second kappa shape index (κ2) is 10.1. The highest BCUT2D eigenvalue weighted by Crippen LogP contribution is 2.38. The van der Waals surface area contributed by atoms with Gasteiger partial charge in [-0.05, 0) is 37.1 Å². The van der Waals surface area contributed by atoms with E-state index in [2.05, 4.69) is 16.9 Å². The first-order valence-corrected chi connectivity index (χ1v) is 9.40. The summed E-state index contributed by atoms with van der Waals surface area (Å²) in [6.45, 7) is 4.96. The first-order chi connectivity index (χ1) is 13.4. The molecule has 0 fully saturated rings. The third-order valence-corrected chi connectivity index (χ3v) is 4.05. The number of aromatic nitrogens is 2. The van der Waals surface area contributed by atoms with Crippen LogP contribution in [0.15, 0.2) is 30.5 Å². The van der Waals surface area contributed by atoms with Gasteiger partial charge in [0.15, 0.2) is 5.82 Å². The quantitative estimate of drug-likeness (QED) is 0.487. The normalized spacial score (nSPS) is 11.4. The van der Waals surface area contributed by atoms with Gasteiger partial charge in [0, 0.05) is 18.9 Å². The van der Waals surface area contributed by atoms with Crippen molar-refractivity contribution < 1.29 is 22.6 Å². The molecule has 1 aromatic heterocycles. The number of hydrogen-bond donors (Lipinski definition) is 0. The summed E-state index contributed by atoms with van der Waals surface area (Å²) in [6.07, 6.45) is 0.0583. The fourth-order valence-corrected chi connectivity index (χ4v) is 2.51. The van der Waals surface area contributed by atoms with E-state index >= 15 is 0 Å². The van der Waals surface area contributed by atoms with Gasteiger partial charge >= 0.3 is 12.2 Å². The van der Waals surface area contributed by atoms with Gasteiger partial charge in [0.1, 0.15) is 11.3 Å². The predicted octanol–water partition coefficient (Wildman–Crippen LogP) is 5.62. The summed E-state index contributed by atoms with van der Waals surface area (Å²) in [6, 6.07) is 6.79. The fraction of sp³-hybridized carbons (Fsp3) is 0.500. The number of hydrogen-bond acceptors (Lipinski definition) is 5. The standard InChI is InChI=1S/C20H26F3N3O2/c1-4-6-7-13-27-16-10-8-15(9-11-16)26(3)18-17(20(21,22)23)14-24-19(25-18)28-12-5-2/h8-11,14H,4-7,12-13H2,1-3H3. The molecule has 0 aliphatic rings. The minimum Gasteiger partial charge on any atom is -0.494 e. The van der Waals surface area contributed by atoms with Crippen LogP contribution >= 0.6 is 0 Å². The molecule has 1 heterocycles. The van der Waals surface area contributed by atoms with Crippen LogP contribution in [0.2, 0.25) is 0 Å². The molecule has 8 heteroatoms. The van der Waals surface area contributed by atoms with E-state index in [-0.39, 0.29) is 11.8 Å². The lowest BCUT2D eigenvalue weighted by Gasteiger charge is -2.22. The van der Waals surface area contributed by atoms with E-state index in [0.717, 1.165) is 25.5 Å². The number of rotatable bonds is 10. The SMILES string of the molecule is CCCCCOc1ccc(N(C)c2nc(OCCC)ncc2C(F)(F)F)cc1. The maximum absolute atomic E-state index is 13.4. The number of benzene rings is 1. The molecule has 0 spiro atoms. The highest BCUT2D eigenvalue weighted by atomic mass is 19.4. The number of anilines is 2. The third kappa shape index (κ3) is 6.00. The minimum atomic E-state index is -4.57. The van der Waals surface area contributed by atoms with Gasteiger partial charge in [-0.3, -0.25) is 0 Å². The Labute approximate surface area is 163 Å². The van der Waals surface area contributed by atoms with Gasteiger partial charge in [0.25, 0.3) is 0 Å². The highest BCUT2D eigenvalue weighted by Gasteiger charge is 2.36. The van der Waals surface area contributed by atoms with Crippen LogP contribution in [-0.2, 0) is 6.18 Å². The van der Waals surface area contributed by atoms with E-state index in [0.29, 0.717) is 31.1 Å². The lowest BCUT2D eigenvalue weighted by Crippen LogP contribution is -2.19. The van der Waals surface area contributed by atoms with E-state index in [1.54, 1.807) is 24.3 Å². The zero-order valence-corrected chi connectivity index (χ0v) is 16.4. The largest absolute Gasteiger partial charge is 0.494 e. The summed E-state index contributed by atoms with van der Waals surface area (Å²) in [5.41, 5.74) is -0.370. The Morgan fingerprint density at radius 1 is 0.964 bits per heavy atom. The zero-order valence-electron chi connectivity index (χ0n) is 16.4. The van der Waals surface area contributed by atoms with Crippen LogP contribution in [0.25, 0.3) is 0 Å². The van der Waals surface area contributed by atoms with Crippen molar-refractivity contribution >= 4 is 11.5 Å². The third-order valence-electron chi connectivity index (χ3n) is 4.05. The van der Waals surface area contributed by atoms with Crippen molar-refractivity contribution in [2.24, 2.45) is 0 Å². The molecule has 0 saturated carbocycles. The van der Waals surface area contributed by atoms with Crippen LogP contribution in [0, 0.1) is 0 Å². The summed E-state index contributed by atoms with van der Waals surface area (Å²) >= 11 is 0. The Bertz CT molecular complexity index is 736. The fourth-order valence-electron chi connectivity index (χ4n) is 2.51. The molecule has 154 valence electrons. The van der Waals surface area contributed by atoms with Crippen LogP contribution < -0.4 is 14.4 Å². The molecule has 0 radical (unpaired) electrons. The summed E-state index contributed by atoms with van der Waals surface area (Å²) in [5, 5.41) is 0. The number of ether oxygens (including phenoxy) is 2. The molecule has 0 aliphatic carbocycles. The molecule has 0 aliphatic heterocycles. The van der Waals surface area contributed by atoms with E-state index < -0.39 is 11.7 Å². The highest BCUT2D eigenvalue weighted by molar-refractivity contribution is 5.63. The maximum atomic E-state index is 13.4. The van der Waals surface area contributed by atoms with Crippen LogP contribution in [-0.4, -0.2) is 30.2 Å².